The molecule has 0 saturated heterocycles. The molecule has 2 heterocycles. The van der Waals surface area contributed by atoms with Crippen LogP contribution in [0.25, 0.3) is 11.4 Å². The van der Waals surface area contributed by atoms with Crippen molar-refractivity contribution in [2.45, 2.75) is 32.3 Å². The molecule has 0 unspecified atom stereocenters. The molecule has 0 spiro atoms. The van der Waals surface area contributed by atoms with Crippen molar-refractivity contribution < 1.29 is 19.1 Å². The maximum absolute atomic E-state index is 12.6. The number of benzene rings is 1. The Morgan fingerprint density at radius 3 is 2.53 bits per heavy atom. The zero-order chi connectivity index (χ0) is 23.1. The minimum absolute atomic E-state index is 0.136. The summed E-state index contributed by atoms with van der Waals surface area (Å²) in [5.74, 6) is 0.977. The summed E-state index contributed by atoms with van der Waals surface area (Å²) in [5, 5.41) is 12.4. The highest BCUT2D eigenvalue weighted by atomic mass is 32.2. The Hall–Kier alpha value is -2.85. The van der Waals surface area contributed by atoms with Crippen LogP contribution in [0.5, 0.6) is 5.75 Å². The Balaban J connectivity index is 1.65. The molecule has 0 aliphatic heterocycles. The van der Waals surface area contributed by atoms with Crippen molar-refractivity contribution in [2.24, 2.45) is 7.05 Å². The third-order valence-electron chi connectivity index (χ3n) is 4.47. The second kappa shape index (κ2) is 11.1. The first kappa shape index (κ1) is 23.8. The SMILES string of the molecule is CCOC(=O)c1cc(CC)sc1NC(=O)CSc1nnc(-c2ccc(OCC)cc2)n1C. The summed E-state index contributed by atoms with van der Waals surface area (Å²) in [4.78, 5) is 25.8. The van der Waals surface area contributed by atoms with Gasteiger partial charge in [0.05, 0.1) is 24.5 Å². The van der Waals surface area contributed by atoms with Gasteiger partial charge in [-0.25, -0.2) is 4.79 Å². The summed E-state index contributed by atoms with van der Waals surface area (Å²) in [6.07, 6.45) is 0.773. The summed E-state index contributed by atoms with van der Waals surface area (Å²) < 4.78 is 12.4. The topological polar surface area (TPSA) is 95.3 Å². The summed E-state index contributed by atoms with van der Waals surface area (Å²) in [7, 11) is 1.86. The average molecular weight is 475 g/mol. The predicted molar refractivity (Wildman–Crippen MR) is 127 cm³/mol. The number of thiophene rings is 1. The number of hydrogen-bond donors (Lipinski definition) is 1. The second-order valence-electron chi connectivity index (χ2n) is 6.69. The van der Waals surface area contributed by atoms with Gasteiger partial charge in [-0.15, -0.1) is 21.5 Å². The fourth-order valence-electron chi connectivity index (χ4n) is 2.92. The van der Waals surface area contributed by atoms with E-state index in [1.807, 2.05) is 49.7 Å². The summed E-state index contributed by atoms with van der Waals surface area (Å²) in [6.45, 7) is 6.58. The van der Waals surface area contributed by atoms with Crippen LogP contribution in [0.2, 0.25) is 0 Å². The number of esters is 1. The molecule has 1 amide bonds. The number of ether oxygens (including phenoxy) is 2. The lowest BCUT2D eigenvalue weighted by molar-refractivity contribution is -0.113. The van der Waals surface area contributed by atoms with Crippen molar-refractivity contribution in [1.29, 1.82) is 0 Å². The number of nitrogens with one attached hydrogen (secondary N) is 1. The van der Waals surface area contributed by atoms with Gasteiger partial charge < -0.3 is 19.4 Å². The number of rotatable bonds is 10. The average Bonchev–Trinajstić information content (AvgIpc) is 3.36. The van der Waals surface area contributed by atoms with Crippen LogP contribution in [0.15, 0.2) is 35.5 Å². The molecule has 0 fully saturated rings. The second-order valence-corrected chi connectivity index (χ2v) is 8.77. The van der Waals surface area contributed by atoms with Crippen LogP contribution >= 0.6 is 23.1 Å². The summed E-state index contributed by atoms with van der Waals surface area (Å²) >= 11 is 2.67. The molecule has 8 nitrogen and oxygen atoms in total. The first-order valence-corrected chi connectivity index (χ1v) is 12.1. The number of anilines is 1. The van der Waals surface area contributed by atoms with E-state index < -0.39 is 5.97 Å². The number of carbonyl (C=O) groups is 2. The third-order valence-corrected chi connectivity index (χ3v) is 6.69. The van der Waals surface area contributed by atoms with Crippen LogP contribution in [0.1, 0.15) is 36.0 Å². The molecule has 0 atom stereocenters. The van der Waals surface area contributed by atoms with Crippen molar-refractivity contribution >= 4 is 40.0 Å². The first-order chi connectivity index (χ1) is 15.5. The lowest BCUT2D eigenvalue weighted by Crippen LogP contribution is -2.16. The van der Waals surface area contributed by atoms with Crippen LogP contribution in [-0.2, 0) is 23.0 Å². The maximum atomic E-state index is 12.6. The van der Waals surface area contributed by atoms with E-state index >= 15 is 0 Å². The predicted octanol–water partition coefficient (Wildman–Crippen LogP) is 4.41. The summed E-state index contributed by atoms with van der Waals surface area (Å²) in [6, 6.07) is 9.41. The van der Waals surface area contributed by atoms with E-state index in [4.69, 9.17) is 9.47 Å². The standard InChI is InChI=1S/C22H26N4O4S2/c1-5-16-12-17(21(28)30-7-3)20(32-16)23-18(27)13-31-22-25-24-19(26(22)4)14-8-10-15(11-9-14)29-6-2/h8-12H,5-7,13H2,1-4H3,(H,23,27). The van der Waals surface area contributed by atoms with Crippen LogP contribution in [0.3, 0.4) is 0 Å². The van der Waals surface area contributed by atoms with E-state index in [-0.39, 0.29) is 18.3 Å². The minimum atomic E-state index is -0.431. The molecule has 170 valence electrons. The fourth-order valence-corrected chi connectivity index (χ4v) is 4.63. The molecular formula is C22H26N4O4S2. The van der Waals surface area contributed by atoms with E-state index in [1.54, 1.807) is 13.0 Å². The Labute approximate surface area is 195 Å². The largest absolute Gasteiger partial charge is 0.494 e. The number of aryl methyl sites for hydroxylation is 1. The van der Waals surface area contributed by atoms with Crippen molar-refractivity contribution in [3.8, 4) is 17.1 Å². The molecule has 1 aromatic carbocycles. The van der Waals surface area contributed by atoms with Crippen LogP contribution in [0.4, 0.5) is 5.00 Å². The molecular weight excluding hydrogens is 448 g/mol. The van der Waals surface area contributed by atoms with Crippen LogP contribution in [-0.4, -0.2) is 45.6 Å². The van der Waals surface area contributed by atoms with Crippen molar-refractivity contribution in [3.63, 3.8) is 0 Å². The number of nitrogens with zero attached hydrogens (tertiary/aromatic N) is 3. The Morgan fingerprint density at radius 1 is 1.12 bits per heavy atom. The van der Waals surface area contributed by atoms with E-state index in [9.17, 15) is 9.59 Å². The van der Waals surface area contributed by atoms with Gasteiger partial charge in [-0.1, -0.05) is 18.7 Å². The van der Waals surface area contributed by atoms with Crippen molar-refractivity contribution in [3.05, 3.63) is 40.8 Å². The van der Waals surface area contributed by atoms with E-state index in [0.717, 1.165) is 22.6 Å². The molecule has 2 aromatic heterocycles. The van der Waals surface area contributed by atoms with Gasteiger partial charge >= 0.3 is 5.97 Å². The van der Waals surface area contributed by atoms with Gasteiger partial charge in [0.15, 0.2) is 11.0 Å². The summed E-state index contributed by atoms with van der Waals surface area (Å²) in [5.41, 5.74) is 1.30. The van der Waals surface area contributed by atoms with E-state index in [1.165, 1.54) is 23.1 Å². The zero-order valence-corrected chi connectivity index (χ0v) is 20.1. The highest BCUT2D eigenvalue weighted by Gasteiger charge is 2.19. The van der Waals surface area contributed by atoms with Crippen LogP contribution in [0, 0.1) is 0 Å². The molecule has 1 N–H and O–H groups in total. The van der Waals surface area contributed by atoms with Gasteiger partial charge in [0, 0.05) is 17.5 Å². The van der Waals surface area contributed by atoms with Crippen molar-refractivity contribution in [1.82, 2.24) is 14.8 Å². The molecule has 0 radical (unpaired) electrons. The van der Waals surface area contributed by atoms with Gasteiger partial charge in [0.1, 0.15) is 10.8 Å². The molecule has 3 rings (SSSR count). The van der Waals surface area contributed by atoms with Crippen LogP contribution < -0.4 is 10.1 Å². The normalized spacial score (nSPS) is 10.8. The molecule has 0 saturated carbocycles. The third kappa shape index (κ3) is 5.68. The zero-order valence-electron chi connectivity index (χ0n) is 18.5. The number of hydrogen-bond acceptors (Lipinski definition) is 8. The molecule has 32 heavy (non-hydrogen) atoms. The van der Waals surface area contributed by atoms with E-state index in [2.05, 4.69) is 15.5 Å². The molecule has 0 aliphatic carbocycles. The molecule has 0 aliphatic rings. The molecule has 10 heteroatoms. The Kier molecular flexibility index (Phi) is 8.29. The number of thioether (sulfide) groups is 1. The Morgan fingerprint density at radius 2 is 1.88 bits per heavy atom. The van der Waals surface area contributed by atoms with Gasteiger partial charge in [-0.3, -0.25) is 4.79 Å². The number of carbonyl (C=O) groups excluding carboxylic acids is 2. The van der Waals surface area contributed by atoms with Crippen molar-refractivity contribution in [2.75, 3.05) is 24.3 Å². The van der Waals surface area contributed by atoms with E-state index in [0.29, 0.717) is 28.2 Å². The van der Waals surface area contributed by atoms with Gasteiger partial charge in [0.25, 0.3) is 0 Å². The molecule has 3 aromatic rings. The highest BCUT2D eigenvalue weighted by molar-refractivity contribution is 7.99. The highest BCUT2D eigenvalue weighted by Crippen LogP contribution is 2.30. The van der Waals surface area contributed by atoms with Gasteiger partial charge in [-0.2, -0.15) is 0 Å². The minimum Gasteiger partial charge on any atom is -0.494 e. The lowest BCUT2D eigenvalue weighted by Gasteiger charge is -2.07. The quantitative estimate of drug-likeness (QED) is 0.343. The molecule has 0 bridgehead atoms. The monoisotopic (exact) mass is 474 g/mol. The van der Waals surface area contributed by atoms with Gasteiger partial charge in [0.2, 0.25) is 5.91 Å². The lowest BCUT2D eigenvalue weighted by atomic mass is 10.2. The van der Waals surface area contributed by atoms with Gasteiger partial charge in [-0.05, 0) is 50.6 Å². The smallest absolute Gasteiger partial charge is 0.341 e. The number of aromatic nitrogens is 3. The Bertz CT molecular complexity index is 1080. The fraction of sp³-hybridized carbons (Fsp3) is 0.364. The number of amides is 1. The maximum Gasteiger partial charge on any atom is 0.341 e. The first-order valence-electron chi connectivity index (χ1n) is 10.3.